The molecule has 26 heavy (non-hydrogen) atoms. The molecule has 0 unspecified atom stereocenters. The molecule has 0 saturated heterocycles. The van der Waals surface area contributed by atoms with E-state index in [2.05, 4.69) is 0 Å². The van der Waals surface area contributed by atoms with Crippen molar-refractivity contribution in [2.45, 2.75) is 44.7 Å². The lowest BCUT2D eigenvalue weighted by Gasteiger charge is -2.26. The summed E-state index contributed by atoms with van der Waals surface area (Å²) >= 11 is 0. The number of hydrogen-bond donors (Lipinski definition) is 0. The van der Waals surface area contributed by atoms with Gasteiger partial charge in [-0.1, -0.05) is 19.1 Å². The van der Waals surface area contributed by atoms with Gasteiger partial charge in [0, 0.05) is 19.0 Å². The molecule has 2 aromatic carbocycles. The number of amides is 1. The lowest BCUT2D eigenvalue weighted by molar-refractivity contribution is -0.133. The molecule has 0 bridgehead atoms. The van der Waals surface area contributed by atoms with Crippen LogP contribution < -0.4 is 4.18 Å². The van der Waals surface area contributed by atoms with Crippen molar-refractivity contribution in [3.8, 4) is 5.75 Å². The van der Waals surface area contributed by atoms with Gasteiger partial charge in [0.25, 0.3) is 0 Å². The molecule has 2 aromatic rings. The largest absolute Gasteiger partial charge is 0.379 e. The van der Waals surface area contributed by atoms with Crippen LogP contribution in [0.5, 0.6) is 5.75 Å². The summed E-state index contributed by atoms with van der Waals surface area (Å²) in [6.07, 6.45) is 0.396. The average molecular weight is 379 g/mol. The maximum atomic E-state index is 13.0. The first kappa shape index (κ1) is 19.9. The molecule has 0 aliphatic rings. The van der Waals surface area contributed by atoms with E-state index in [9.17, 15) is 17.6 Å². The first-order chi connectivity index (χ1) is 12.2. The Morgan fingerprint density at radius 1 is 1.15 bits per heavy atom. The van der Waals surface area contributed by atoms with Crippen molar-refractivity contribution in [3.63, 3.8) is 0 Å². The Labute approximate surface area is 153 Å². The van der Waals surface area contributed by atoms with Gasteiger partial charge in [-0.3, -0.25) is 4.79 Å². The number of benzene rings is 2. The van der Waals surface area contributed by atoms with Crippen LogP contribution >= 0.6 is 0 Å². The third kappa shape index (κ3) is 5.05. The molecular weight excluding hydrogens is 357 g/mol. The summed E-state index contributed by atoms with van der Waals surface area (Å²) in [5, 5.41) is 0. The van der Waals surface area contributed by atoms with Gasteiger partial charge in [0.1, 0.15) is 16.5 Å². The van der Waals surface area contributed by atoms with Crippen LogP contribution in [0.2, 0.25) is 0 Å². The van der Waals surface area contributed by atoms with Crippen molar-refractivity contribution in [1.82, 2.24) is 4.90 Å². The number of hydrogen-bond acceptors (Lipinski definition) is 4. The molecule has 0 spiro atoms. The van der Waals surface area contributed by atoms with Crippen molar-refractivity contribution in [2.24, 2.45) is 0 Å². The topological polar surface area (TPSA) is 63.7 Å². The van der Waals surface area contributed by atoms with Gasteiger partial charge in [0.2, 0.25) is 5.91 Å². The third-order valence-electron chi connectivity index (χ3n) is 3.81. The zero-order valence-electron chi connectivity index (χ0n) is 15.0. The number of carbonyl (C=O) groups excluding carboxylic acids is 1. The maximum absolute atomic E-state index is 13.0. The van der Waals surface area contributed by atoms with Crippen molar-refractivity contribution < 1.29 is 21.8 Å². The SMILES string of the molecule is CCC(=O)N(Cc1cccc(OS(=O)(=O)c2ccc(F)cc2)c1)C(C)C. The quantitative estimate of drug-likeness (QED) is 0.688. The summed E-state index contributed by atoms with van der Waals surface area (Å²) in [5.74, 6) is -0.370. The Kier molecular flexibility index (Phi) is 6.37. The Morgan fingerprint density at radius 2 is 1.81 bits per heavy atom. The molecule has 5 nitrogen and oxygen atoms in total. The summed E-state index contributed by atoms with van der Waals surface area (Å²) in [6, 6.07) is 11.0. The minimum absolute atomic E-state index is 0.0188. The predicted molar refractivity (Wildman–Crippen MR) is 96.6 cm³/mol. The van der Waals surface area contributed by atoms with E-state index in [1.165, 1.54) is 6.07 Å². The zero-order valence-corrected chi connectivity index (χ0v) is 15.8. The minimum atomic E-state index is -4.06. The third-order valence-corrected chi connectivity index (χ3v) is 5.07. The monoisotopic (exact) mass is 379 g/mol. The first-order valence-corrected chi connectivity index (χ1v) is 9.72. The van der Waals surface area contributed by atoms with Crippen LogP contribution in [0.25, 0.3) is 0 Å². The van der Waals surface area contributed by atoms with Crippen LogP contribution in [-0.4, -0.2) is 25.3 Å². The summed E-state index contributed by atoms with van der Waals surface area (Å²) in [5.41, 5.74) is 0.757. The maximum Gasteiger partial charge on any atom is 0.339 e. The van der Waals surface area contributed by atoms with Gasteiger partial charge in [-0.05, 0) is 55.8 Å². The summed E-state index contributed by atoms with van der Waals surface area (Å²) in [4.78, 5) is 13.6. The summed E-state index contributed by atoms with van der Waals surface area (Å²) in [6.45, 7) is 6.00. The molecule has 0 fully saturated rings. The van der Waals surface area contributed by atoms with Gasteiger partial charge in [0.05, 0.1) is 0 Å². The van der Waals surface area contributed by atoms with Crippen LogP contribution in [0.15, 0.2) is 53.4 Å². The second-order valence-corrected chi connectivity index (χ2v) is 7.65. The molecule has 0 aliphatic heterocycles. The smallest absolute Gasteiger partial charge is 0.339 e. The van der Waals surface area contributed by atoms with E-state index in [0.29, 0.717) is 13.0 Å². The lowest BCUT2D eigenvalue weighted by Crippen LogP contribution is -2.35. The minimum Gasteiger partial charge on any atom is -0.379 e. The number of halogens is 1. The highest BCUT2D eigenvalue weighted by atomic mass is 32.2. The van der Waals surface area contributed by atoms with Crippen molar-refractivity contribution in [1.29, 1.82) is 0 Å². The first-order valence-electron chi connectivity index (χ1n) is 8.31. The Hall–Kier alpha value is -2.41. The van der Waals surface area contributed by atoms with E-state index in [1.54, 1.807) is 30.0 Å². The summed E-state index contributed by atoms with van der Waals surface area (Å²) in [7, 11) is -4.06. The van der Waals surface area contributed by atoms with Gasteiger partial charge in [-0.15, -0.1) is 0 Å². The molecule has 140 valence electrons. The van der Waals surface area contributed by atoms with E-state index >= 15 is 0 Å². The molecule has 0 aromatic heterocycles. The molecule has 0 atom stereocenters. The van der Waals surface area contributed by atoms with E-state index in [1.807, 2.05) is 13.8 Å². The molecule has 0 heterocycles. The molecule has 1 amide bonds. The fraction of sp³-hybridized carbons (Fsp3) is 0.316. The lowest BCUT2D eigenvalue weighted by atomic mass is 10.1. The van der Waals surface area contributed by atoms with Gasteiger partial charge < -0.3 is 9.08 Å². The normalized spacial score (nSPS) is 11.4. The van der Waals surface area contributed by atoms with Crippen LogP contribution in [0, 0.1) is 5.82 Å². The molecular formula is C19H22FNO4S. The van der Waals surface area contributed by atoms with Gasteiger partial charge in [0.15, 0.2) is 0 Å². The highest BCUT2D eigenvalue weighted by Gasteiger charge is 2.18. The fourth-order valence-corrected chi connectivity index (χ4v) is 3.35. The average Bonchev–Trinajstić information content (AvgIpc) is 2.59. The molecule has 7 heteroatoms. The molecule has 2 rings (SSSR count). The van der Waals surface area contributed by atoms with Crippen molar-refractivity contribution >= 4 is 16.0 Å². The van der Waals surface area contributed by atoms with Gasteiger partial charge in [-0.2, -0.15) is 8.42 Å². The van der Waals surface area contributed by atoms with E-state index < -0.39 is 15.9 Å². The van der Waals surface area contributed by atoms with E-state index in [0.717, 1.165) is 29.8 Å². The van der Waals surface area contributed by atoms with Crippen molar-refractivity contribution in [3.05, 3.63) is 59.9 Å². The summed E-state index contributed by atoms with van der Waals surface area (Å²) < 4.78 is 42.7. The van der Waals surface area contributed by atoms with E-state index in [-0.39, 0.29) is 22.6 Å². The van der Waals surface area contributed by atoms with Gasteiger partial charge >= 0.3 is 10.1 Å². The molecule has 0 saturated carbocycles. The number of carbonyl (C=O) groups is 1. The number of rotatable bonds is 7. The molecule has 0 N–H and O–H groups in total. The van der Waals surface area contributed by atoms with Crippen LogP contribution in [0.1, 0.15) is 32.8 Å². The highest BCUT2D eigenvalue weighted by molar-refractivity contribution is 7.87. The molecule has 0 radical (unpaired) electrons. The second kappa shape index (κ2) is 8.31. The molecule has 0 aliphatic carbocycles. The van der Waals surface area contributed by atoms with Gasteiger partial charge in [-0.25, -0.2) is 4.39 Å². The van der Waals surface area contributed by atoms with Crippen LogP contribution in [0.3, 0.4) is 0 Å². The Morgan fingerprint density at radius 3 is 2.38 bits per heavy atom. The standard InChI is InChI=1S/C19H22FNO4S/c1-4-19(22)21(14(2)3)13-15-6-5-7-17(12-15)25-26(23,24)18-10-8-16(20)9-11-18/h5-12,14H,4,13H2,1-3H3. The van der Waals surface area contributed by atoms with Crippen LogP contribution in [0.4, 0.5) is 4.39 Å². The number of nitrogens with zero attached hydrogens (tertiary/aromatic N) is 1. The Balaban J connectivity index is 2.21. The predicted octanol–water partition coefficient (Wildman–Crippen LogP) is 3.74. The Bertz CT molecular complexity index is 863. The fourth-order valence-electron chi connectivity index (χ4n) is 2.43. The van der Waals surface area contributed by atoms with Crippen LogP contribution in [-0.2, 0) is 21.5 Å². The van der Waals surface area contributed by atoms with Crippen molar-refractivity contribution in [2.75, 3.05) is 0 Å². The zero-order chi connectivity index (χ0) is 19.3. The second-order valence-electron chi connectivity index (χ2n) is 6.11. The highest BCUT2D eigenvalue weighted by Crippen LogP contribution is 2.21. The van der Waals surface area contributed by atoms with E-state index in [4.69, 9.17) is 4.18 Å².